The maximum Gasteiger partial charge on any atom is 0.268 e. The smallest absolute Gasteiger partial charge is 0.268 e. The molecule has 1 atom stereocenters. The number of rotatable bonds is 8. The van der Waals surface area contributed by atoms with Gasteiger partial charge in [-0.1, -0.05) is 12.1 Å². The molecular formula is C23H30N4O3. The normalized spacial score (nSPS) is 18.6. The lowest BCUT2D eigenvalue weighted by Gasteiger charge is -2.18. The van der Waals surface area contributed by atoms with Crippen LogP contribution in [0.1, 0.15) is 38.7 Å². The van der Waals surface area contributed by atoms with Crippen LogP contribution >= 0.6 is 0 Å². The first-order valence-corrected chi connectivity index (χ1v) is 10.8. The first-order valence-electron chi connectivity index (χ1n) is 10.8. The zero-order valence-corrected chi connectivity index (χ0v) is 17.7. The van der Waals surface area contributed by atoms with Crippen LogP contribution in [-0.2, 0) is 17.9 Å². The van der Waals surface area contributed by atoms with Gasteiger partial charge in [-0.25, -0.2) is 4.68 Å². The van der Waals surface area contributed by atoms with Crippen molar-refractivity contribution in [3.8, 4) is 5.75 Å². The Bertz CT molecular complexity index is 934. The Morgan fingerprint density at radius 1 is 1.23 bits per heavy atom. The van der Waals surface area contributed by atoms with Crippen molar-refractivity contribution in [2.75, 3.05) is 18.0 Å². The van der Waals surface area contributed by atoms with E-state index in [1.165, 1.54) is 12.8 Å². The third-order valence-electron chi connectivity index (χ3n) is 5.67. The van der Waals surface area contributed by atoms with E-state index in [9.17, 15) is 9.59 Å². The zero-order chi connectivity index (χ0) is 21.1. The highest BCUT2D eigenvalue weighted by Crippen LogP contribution is 2.30. The molecule has 4 rings (SSSR count). The first kappa shape index (κ1) is 20.4. The molecule has 2 aliphatic rings. The lowest BCUT2D eigenvalue weighted by Crippen LogP contribution is -2.33. The number of benzene rings is 1. The summed E-state index contributed by atoms with van der Waals surface area (Å²) in [6, 6.07) is 9.45. The van der Waals surface area contributed by atoms with E-state index in [-0.39, 0.29) is 23.5 Å². The summed E-state index contributed by atoms with van der Waals surface area (Å²) in [5, 5.41) is 7.36. The SMILES string of the molecule is CC(C)Oc1ccc(CNC(=O)C2CCN(c3cnn(CC4CC4)c(=O)c3)C2)cc1. The molecule has 160 valence electrons. The van der Waals surface area contributed by atoms with Crippen molar-refractivity contribution in [1.29, 1.82) is 0 Å². The predicted octanol–water partition coefficient (Wildman–Crippen LogP) is 2.58. The van der Waals surface area contributed by atoms with E-state index in [2.05, 4.69) is 15.3 Å². The summed E-state index contributed by atoms with van der Waals surface area (Å²) < 4.78 is 7.20. The third-order valence-corrected chi connectivity index (χ3v) is 5.67. The minimum atomic E-state index is -0.0811. The highest BCUT2D eigenvalue weighted by molar-refractivity contribution is 5.80. The lowest BCUT2D eigenvalue weighted by molar-refractivity contribution is -0.124. The summed E-state index contributed by atoms with van der Waals surface area (Å²) in [7, 11) is 0. The molecule has 0 bridgehead atoms. The van der Waals surface area contributed by atoms with Crippen LogP contribution in [0.5, 0.6) is 5.75 Å². The van der Waals surface area contributed by atoms with Crippen molar-refractivity contribution in [1.82, 2.24) is 15.1 Å². The van der Waals surface area contributed by atoms with Gasteiger partial charge >= 0.3 is 0 Å². The van der Waals surface area contributed by atoms with Crippen LogP contribution in [0.25, 0.3) is 0 Å². The van der Waals surface area contributed by atoms with E-state index >= 15 is 0 Å². The van der Waals surface area contributed by atoms with Gasteiger partial charge in [0.2, 0.25) is 5.91 Å². The van der Waals surface area contributed by atoms with Crippen LogP contribution in [0.4, 0.5) is 5.69 Å². The molecule has 1 amide bonds. The summed E-state index contributed by atoms with van der Waals surface area (Å²) in [4.78, 5) is 27.0. The second kappa shape index (κ2) is 8.90. The molecule has 2 fully saturated rings. The van der Waals surface area contributed by atoms with E-state index in [4.69, 9.17) is 4.74 Å². The minimum Gasteiger partial charge on any atom is -0.491 e. The van der Waals surface area contributed by atoms with Gasteiger partial charge in [-0.2, -0.15) is 5.10 Å². The van der Waals surface area contributed by atoms with Crippen LogP contribution in [0, 0.1) is 11.8 Å². The maximum absolute atomic E-state index is 12.6. The molecule has 1 saturated heterocycles. The molecule has 1 aromatic carbocycles. The molecule has 1 aliphatic heterocycles. The number of amides is 1. The van der Waals surface area contributed by atoms with E-state index in [0.29, 0.717) is 25.6 Å². The van der Waals surface area contributed by atoms with Crippen LogP contribution < -0.4 is 20.5 Å². The number of nitrogens with one attached hydrogen (secondary N) is 1. The molecule has 7 heteroatoms. The standard InChI is InChI=1S/C23H30N4O3/c1-16(2)30-21-7-5-17(6-8-21)12-24-23(29)19-9-10-26(15-19)20-11-22(28)27(25-13-20)14-18-3-4-18/h5-8,11,13,16,18-19H,3-4,9-10,12,14-15H2,1-2H3,(H,24,29). The zero-order valence-electron chi connectivity index (χ0n) is 17.7. The molecule has 30 heavy (non-hydrogen) atoms. The Labute approximate surface area is 177 Å². The predicted molar refractivity (Wildman–Crippen MR) is 116 cm³/mol. The van der Waals surface area contributed by atoms with Gasteiger partial charge in [-0.05, 0) is 56.7 Å². The fourth-order valence-corrected chi connectivity index (χ4v) is 3.78. The van der Waals surface area contributed by atoms with Crippen molar-refractivity contribution >= 4 is 11.6 Å². The molecule has 7 nitrogen and oxygen atoms in total. The highest BCUT2D eigenvalue weighted by atomic mass is 16.5. The van der Waals surface area contributed by atoms with Crippen molar-refractivity contribution in [3.05, 3.63) is 52.4 Å². The Morgan fingerprint density at radius 2 is 2.00 bits per heavy atom. The van der Waals surface area contributed by atoms with Gasteiger partial charge in [-0.15, -0.1) is 0 Å². The van der Waals surface area contributed by atoms with E-state index in [0.717, 1.165) is 30.0 Å². The number of anilines is 1. The number of nitrogens with zero attached hydrogens (tertiary/aromatic N) is 3. The number of carbonyl (C=O) groups excluding carboxylic acids is 1. The van der Waals surface area contributed by atoms with Crippen molar-refractivity contribution in [2.24, 2.45) is 11.8 Å². The fourth-order valence-electron chi connectivity index (χ4n) is 3.78. The van der Waals surface area contributed by atoms with Gasteiger partial charge in [0.05, 0.1) is 23.9 Å². The molecule has 1 aliphatic carbocycles. The molecule has 1 saturated carbocycles. The number of aromatic nitrogens is 2. The Kier molecular flexibility index (Phi) is 6.06. The lowest BCUT2D eigenvalue weighted by atomic mass is 10.1. The van der Waals surface area contributed by atoms with Crippen molar-refractivity contribution in [2.45, 2.75) is 52.3 Å². The minimum absolute atomic E-state index is 0.0510. The van der Waals surface area contributed by atoms with Crippen LogP contribution in [-0.4, -0.2) is 34.9 Å². The van der Waals surface area contributed by atoms with Gasteiger partial charge < -0.3 is 15.0 Å². The topological polar surface area (TPSA) is 76.5 Å². The number of hydrogen-bond donors (Lipinski definition) is 1. The van der Waals surface area contributed by atoms with Gasteiger partial charge in [-0.3, -0.25) is 9.59 Å². The Morgan fingerprint density at radius 3 is 2.67 bits per heavy atom. The van der Waals surface area contributed by atoms with Gasteiger partial charge in [0.15, 0.2) is 0 Å². The fraction of sp³-hybridized carbons (Fsp3) is 0.522. The van der Waals surface area contributed by atoms with Gasteiger partial charge in [0.25, 0.3) is 5.56 Å². The van der Waals surface area contributed by atoms with Crippen molar-refractivity contribution < 1.29 is 9.53 Å². The van der Waals surface area contributed by atoms with E-state index in [1.54, 1.807) is 16.9 Å². The van der Waals surface area contributed by atoms with Crippen LogP contribution in [0.3, 0.4) is 0 Å². The summed E-state index contributed by atoms with van der Waals surface area (Å²) >= 11 is 0. The quantitative estimate of drug-likeness (QED) is 0.724. The first-order chi connectivity index (χ1) is 14.5. The molecular weight excluding hydrogens is 380 g/mol. The molecule has 1 aromatic heterocycles. The summed E-state index contributed by atoms with van der Waals surface area (Å²) in [5.74, 6) is 1.41. The Balaban J connectivity index is 1.28. The van der Waals surface area contributed by atoms with Crippen LogP contribution in [0.2, 0.25) is 0 Å². The van der Waals surface area contributed by atoms with Gasteiger partial charge in [0, 0.05) is 32.2 Å². The van der Waals surface area contributed by atoms with Gasteiger partial charge in [0.1, 0.15) is 5.75 Å². The van der Waals surface area contributed by atoms with Crippen molar-refractivity contribution in [3.63, 3.8) is 0 Å². The number of ether oxygens (including phenoxy) is 1. The second-order valence-corrected chi connectivity index (χ2v) is 8.64. The molecule has 1 unspecified atom stereocenters. The largest absolute Gasteiger partial charge is 0.491 e. The monoisotopic (exact) mass is 410 g/mol. The molecule has 0 spiro atoms. The molecule has 0 radical (unpaired) electrons. The van der Waals surface area contributed by atoms with E-state index < -0.39 is 0 Å². The molecule has 2 heterocycles. The summed E-state index contributed by atoms with van der Waals surface area (Å²) in [5.41, 5.74) is 1.79. The molecule has 2 aromatic rings. The summed E-state index contributed by atoms with van der Waals surface area (Å²) in [6.45, 7) is 6.57. The maximum atomic E-state index is 12.6. The third kappa shape index (κ3) is 5.20. The molecule has 1 N–H and O–H groups in total. The number of hydrogen-bond acceptors (Lipinski definition) is 5. The average molecular weight is 411 g/mol. The average Bonchev–Trinajstić information content (AvgIpc) is 3.40. The number of carbonyl (C=O) groups is 1. The Hall–Kier alpha value is -2.83. The summed E-state index contributed by atoms with van der Waals surface area (Å²) in [6.07, 6.45) is 5.05. The highest BCUT2D eigenvalue weighted by Gasteiger charge is 2.29. The van der Waals surface area contributed by atoms with E-state index in [1.807, 2.05) is 38.1 Å². The second-order valence-electron chi connectivity index (χ2n) is 8.64. The van der Waals surface area contributed by atoms with Crippen LogP contribution in [0.15, 0.2) is 41.3 Å².